The maximum atomic E-state index is 3.74. The molecule has 1 aromatic rings. The lowest BCUT2D eigenvalue weighted by Crippen LogP contribution is -2.45. The Bertz CT molecular complexity index is 315. The Hall–Kier alpha value is -0.820. The Morgan fingerprint density at radius 1 is 1.31 bits per heavy atom. The van der Waals surface area contributed by atoms with E-state index in [4.69, 9.17) is 0 Å². The molecule has 0 aromatic heterocycles. The fraction of sp³-hybridized carbons (Fsp3) is 0.600. The highest BCUT2D eigenvalue weighted by Crippen LogP contribution is 2.39. The van der Waals surface area contributed by atoms with Crippen LogP contribution in [0.3, 0.4) is 0 Å². The molecule has 1 heteroatoms. The molecule has 1 aliphatic rings. The van der Waals surface area contributed by atoms with Crippen LogP contribution in [0, 0.1) is 5.92 Å². The Kier molecular flexibility index (Phi) is 3.65. The zero-order chi connectivity index (χ0) is 11.4. The summed E-state index contributed by atoms with van der Waals surface area (Å²) >= 11 is 0. The summed E-state index contributed by atoms with van der Waals surface area (Å²) in [6.07, 6.45) is 5.31. The van der Waals surface area contributed by atoms with Crippen LogP contribution in [0.25, 0.3) is 0 Å². The van der Waals surface area contributed by atoms with Gasteiger partial charge < -0.3 is 5.32 Å². The molecule has 1 aromatic carbocycles. The van der Waals surface area contributed by atoms with Crippen molar-refractivity contribution in [2.24, 2.45) is 5.92 Å². The average Bonchev–Trinajstić information content (AvgIpc) is 2.31. The van der Waals surface area contributed by atoms with Gasteiger partial charge in [-0.25, -0.2) is 0 Å². The predicted molar refractivity (Wildman–Crippen MR) is 69.4 cm³/mol. The predicted octanol–water partition coefficient (Wildman–Crippen LogP) is 3.70. The number of hydrogen-bond acceptors (Lipinski definition) is 1. The van der Waals surface area contributed by atoms with Crippen LogP contribution >= 0.6 is 0 Å². The molecule has 1 saturated carbocycles. The maximum absolute atomic E-state index is 3.74. The van der Waals surface area contributed by atoms with E-state index in [1.54, 1.807) is 0 Å². The molecule has 1 N–H and O–H groups in total. The quantitative estimate of drug-likeness (QED) is 0.814. The molecule has 2 atom stereocenters. The minimum atomic E-state index is 0.244. The van der Waals surface area contributed by atoms with Gasteiger partial charge in [-0.15, -0.1) is 0 Å². The Balaban J connectivity index is 2.27. The molecule has 0 aliphatic heterocycles. The standard InChI is InChI=1S/C15H23N/c1-3-16-15(11-7-8-13(2)12-15)14-9-5-4-6-10-14/h4-6,9-10,13,16H,3,7-8,11-12H2,1-2H3/t13-,15?/m1/s1. The second-order valence-corrected chi connectivity index (χ2v) is 5.18. The smallest absolute Gasteiger partial charge is 0.0437 e. The van der Waals surface area contributed by atoms with Crippen LogP contribution in [0.2, 0.25) is 0 Å². The minimum Gasteiger partial charge on any atom is -0.308 e. The molecule has 0 amide bonds. The van der Waals surface area contributed by atoms with Gasteiger partial charge in [-0.3, -0.25) is 0 Å². The van der Waals surface area contributed by atoms with Crippen molar-refractivity contribution in [2.75, 3.05) is 6.54 Å². The summed E-state index contributed by atoms with van der Waals surface area (Å²) in [5, 5.41) is 3.74. The summed E-state index contributed by atoms with van der Waals surface area (Å²) in [6, 6.07) is 11.0. The summed E-state index contributed by atoms with van der Waals surface area (Å²) < 4.78 is 0. The van der Waals surface area contributed by atoms with Gasteiger partial charge in [-0.1, -0.05) is 57.0 Å². The van der Waals surface area contributed by atoms with Crippen LogP contribution in [0.1, 0.15) is 45.1 Å². The number of benzene rings is 1. The second kappa shape index (κ2) is 5.01. The largest absolute Gasteiger partial charge is 0.308 e. The summed E-state index contributed by atoms with van der Waals surface area (Å²) in [5.41, 5.74) is 1.72. The molecular formula is C15H23N. The van der Waals surface area contributed by atoms with E-state index in [-0.39, 0.29) is 5.54 Å². The van der Waals surface area contributed by atoms with Crippen molar-refractivity contribution in [1.29, 1.82) is 0 Å². The highest BCUT2D eigenvalue weighted by molar-refractivity contribution is 5.25. The fourth-order valence-corrected chi connectivity index (χ4v) is 3.17. The fourth-order valence-electron chi connectivity index (χ4n) is 3.17. The summed E-state index contributed by atoms with van der Waals surface area (Å²) in [6.45, 7) is 5.65. The highest BCUT2D eigenvalue weighted by atomic mass is 15.0. The van der Waals surface area contributed by atoms with E-state index in [0.29, 0.717) is 0 Å². The molecule has 0 bridgehead atoms. The first-order valence-corrected chi connectivity index (χ1v) is 6.57. The van der Waals surface area contributed by atoms with E-state index in [0.717, 1.165) is 12.5 Å². The molecule has 0 spiro atoms. The van der Waals surface area contributed by atoms with Crippen molar-refractivity contribution in [1.82, 2.24) is 5.32 Å². The van der Waals surface area contributed by atoms with Crippen molar-refractivity contribution in [3.63, 3.8) is 0 Å². The van der Waals surface area contributed by atoms with Crippen molar-refractivity contribution in [3.05, 3.63) is 35.9 Å². The molecule has 1 fully saturated rings. The first kappa shape index (κ1) is 11.7. The number of nitrogens with one attached hydrogen (secondary N) is 1. The van der Waals surface area contributed by atoms with Crippen LogP contribution in [-0.4, -0.2) is 6.54 Å². The van der Waals surface area contributed by atoms with Gasteiger partial charge in [0, 0.05) is 5.54 Å². The van der Waals surface area contributed by atoms with E-state index in [1.165, 1.54) is 31.2 Å². The maximum Gasteiger partial charge on any atom is 0.0437 e. The molecule has 0 heterocycles. The van der Waals surface area contributed by atoms with Gasteiger partial charge in [-0.05, 0) is 30.9 Å². The van der Waals surface area contributed by atoms with E-state index >= 15 is 0 Å². The van der Waals surface area contributed by atoms with Crippen molar-refractivity contribution >= 4 is 0 Å². The molecule has 88 valence electrons. The monoisotopic (exact) mass is 217 g/mol. The van der Waals surface area contributed by atoms with E-state index < -0.39 is 0 Å². The zero-order valence-corrected chi connectivity index (χ0v) is 10.5. The molecule has 1 aliphatic carbocycles. The lowest BCUT2D eigenvalue weighted by molar-refractivity contribution is 0.190. The Labute approximate surface area is 99.3 Å². The number of rotatable bonds is 3. The molecular weight excluding hydrogens is 194 g/mol. The Morgan fingerprint density at radius 3 is 2.69 bits per heavy atom. The lowest BCUT2D eigenvalue weighted by Gasteiger charge is -2.41. The van der Waals surface area contributed by atoms with Crippen LogP contribution in [0.15, 0.2) is 30.3 Å². The van der Waals surface area contributed by atoms with E-state index in [2.05, 4.69) is 49.5 Å². The van der Waals surface area contributed by atoms with Crippen molar-refractivity contribution in [3.8, 4) is 0 Å². The van der Waals surface area contributed by atoms with Crippen LogP contribution in [0.4, 0.5) is 0 Å². The Morgan fingerprint density at radius 2 is 2.06 bits per heavy atom. The van der Waals surface area contributed by atoms with E-state index in [1.807, 2.05) is 0 Å². The van der Waals surface area contributed by atoms with Gasteiger partial charge in [-0.2, -0.15) is 0 Å². The summed E-state index contributed by atoms with van der Waals surface area (Å²) in [4.78, 5) is 0. The van der Waals surface area contributed by atoms with Gasteiger partial charge >= 0.3 is 0 Å². The lowest BCUT2D eigenvalue weighted by atomic mass is 9.72. The molecule has 16 heavy (non-hydrogen) atoms. The average molecular weight is 217 g/mol. The third-order valence-electron chi connectivity index (χ3n) is 3.84. The SMILES string of the molecule is CCNC1(c2ccccc2)CCC[C@@H](C)C1. The van der Waals surface area contributed by atoms with Gasteiger partial charge in [0.2, 0.25) is 0 Å². The third kappa shape index (κ3) is 2.30. The van der Waals surface area contributed by atoms with Crippen LogP contribution in [0.5, 0.6) is 0 Å². The molecule has 1 unspecified atom stereocenters. The normalized spacial score (nSPS) is 30.2. The van der Waals surface area contributed by atoms with Gasteiger partial charge in [0.05, 0.1) is 0 Å². The summed E-state index contributed by atoms with van der Waals surface area (Å²) in [7, 11) is 0. The highest BCUT2D eigenvalue weighted by Gasteiger charge is 2.35. The van der Waals surface area contributed by atoms with Gasteiger partial charge in [0.15, 0.2) is 0 Å². The molecule has 1 nitrogen and oxygen atoms in total. The first-order chi connectivity index (χ1) is 7.77. The molecule has 0 saturated heterocycles. The van der Waals surface area contributed by atoms with Crippen molar-refractivity contribution < 1.29 is 0 Å². The van der Waals surface area contributed by atoms with Gasteiger partial charge in [0.1, 0.15) is 0 Å². The third-order valence-corrected chi connectivity index (χ3v) is 3.84. The zero-order valence-electron chi connectivity index (χ0n) is 10.5. The second-order valence-electron chi connectivity index (χ2n) is 5.18. The first-order valence-electron chi connectivity index (χ1n) is 6.57. The molecule has 0 radical (unpaired) electrons. The van der Waals surface area contributed by atoms with Crippen LogP contribution in [-0.2, 0) is 5.54 Å². The minimum absolute atomic E-state index is 0.244. The van der Waals surface area contributed by atoms with Crippen molar-refractivity contribution in [2.45, 2.75) is 45.1 Å². The van der Waals surface area contributed by atoms with Crippen LogP contribution < -0.4 is 5.32 Å². The topological polar surface area (TPSA) is 12.0 Å². The summed E-state index contributed by atoms with van der Waals surface area (Å²) in [5.74, 6) is 0.841. The van der Waals surface area contributed by atoms with E-state index in [9.17, 15) is 0 Å². The number of hydrogen-bond donors (Lipinski definition) is 1. The van der Waals surface area contributed by atoms with Gasteiger partial charge in [0.25, 0.3) is 0 Å². The molecule has 2 rings (SSSR count).